The van der Waals surface area contributed by atoms with E-state index in [1.807, 2.05) is 25.1 Å². The summed E-state index contributed by atoms with van der Waals surface area (Å²) in [6.07, 6.45) is 0. The minimum Gasteiger partial charge on any atom is -0.308 e. The highest BCUT2D eigenvalue weighted by Gasteiger charge is 2.05. The highest BCUT2D eigenvalue weighted by molar-refractivity contribution is 14.1. The second kappa shape index (κ2) is 6.01. The molecule has 0 heterocycles. The van der Waals surface area contributed by atoms with Crippen LogP contribution in [-0.4, -0.2) is 6.03 Å². The lowest BCUT2D eigenvalue weighted by Gasteiger charge is -2.10. The lowest BCUT2D eigenvalue weighted by Crippen LogP contribution is -2.20. The zero-order valence-corrected chi connectivity index (χ0v) is 12.4. The number of nitrogens with one attached hydrogen (secondary N) is 2. The summed E-state index contributed by atoms with van der Waals surface area (Å²) in [5.74, 6) is -0.386. The van der Waals surface area contributed by atoms with E-state index in [1.165, 1.54) is 12.1 Å². The molecular formula is C14H12FIN2O. The van der Waals surface area contributed by atoms with Crippen molar-refractivity contribution in [2.75, 3.05) is 10.6 Å². The Morgan fingerprint density at radius 2 is 1.95 bits per heavy atom. The number of benzene rings is 2. The maximum absolute atomic E-state index is 13.0. The van der Waals surface area contributed by atoms with Gasteiger partial charge in [-0.05, 0) is 71.5 Å². The molecule has 2 aromatic rings. The molecule has 5 heteroatoms. The van der Waals surface area contributed by atoms with Gasteiger partial charge < -0.3 is 10.6 Å². The van der Waals surface area contributed by atoms with Crippen molar-refractivity contribution < 1.29 is 9.18 Å². The van der Waals surface area contributed by atoms with Gasteiger partial charge in [0.1, 0.15) is 5.82 Å². The predicted molar refractivity (Wildman–Crippen MR) is 82.9 cm³/mol. The van der Waals surface area contributed by atoms with Crippen molar-refractivity contribution in [1.29, 1.82) is 0 Å². The average Bonchev–Trinajstić information content (AvgIpc) is 2.33. The Labute approximate surface area is 124 Å². The van der Waals surface area contributed by atoms with Crippen molar-refractivity contribution in [3.8, 4) is 0 Å². The summed E-state index contributed by atoms with van der Waals surface area (Å²) >= 11 is 2.21. The molecule has 0 atom stereocenters. The van der Waals surface area contributed by atoms with Gasteiger partial charge in [0.25, 0.3) is 0 Å². The van der Waals surface area contributed by atoms with E-state index in [0.29, 0.717) is 5.69 Å². The summed E-state index contributed by atoms with van der Waals surface area (Å²) < 4.78 is 14.1. The third-order valence-electron chi connectivity index (χ3n) is 2.52. The van der Waals surface area contributed by atoms with Gasteiger partial charge in [0.05, 0.1) is 0 Å². The van der Waals surface area contributed by atoms with Crippen LogP contribution in [-0.2, 0) is 0 Å². The maximum Gasteiger partial charge on any atom is 0.323 e. The topological polar surface area (TPSA) is 41.1 Å². The number of carbonyl (C=O) groups excluding carboxylic acids is 1. The Kier molecular flexibility index (Phi) is 4.36. The third kappa shape index (κ3) is 3.92. The Morgan fingerprint density at radius 1 is 1.16 bits per heavy atom. The molecule has 98 valence electrons. The fraction of sp³-hybridized carbons (Fsp3) is 0.0714. The standard InChI is InChI=1S/C14H12FIN2O/c1-9-7-11(16)5-6-13(9)18-14(19)17-12-4-2-3-10(15)8-12/h2-8H,1H3,(H2,17,18,19). The minimum atomic E-state index is -0.394. The lowest BCUT2D eigenvalue weighted by atomic mass is 10.2. The molecule has 2 aromatic carbocycles. The van der Waals surface area contributed by atoms with Crippen LogP contribution < -0.4 is 10.6 Å². The van der Waals surface area contributed by atoms with Gasteiger partial charge in [0.2, 0.25) is 0 Å². The molecule has 0 fully saturated rings. The number of rotatable bonds is 2. The van der Waals surface area contributed by atoms with Crippen molar-refractivity contribution in [3.05, 3.63) is 57.4 Å². The van der Waals surface area contributed by atoms with Crippen LogP contribution in [0.25, 0.3) is 0 Å². The molecule has 0 aliphatic heterocycles. The first kappa shape index (κ1) is 13.8. The normalized spacial score (nSPS) is 10.1. The number of hydrogen-bond acceptors (Lipinski definition) is 1. The molecule has 3 nitrogen and oxygen atoms in total. The van der Waals surface area contributed by atoms with E-state index in [1.54, 1.807) is 12.1 Å². The fourth-order valence-corrected chi connectivity index (χ4v) is 2.27. The van der Waals surface area contributed by atoms with Crippen LogP contribution in [0.3, 0.4) is 0 Å². The lowest BCUT2D eigenvalue weighted by molar-refractivity contribution is 0.262. The molecule has 2 N–H and O–H groups in total. The molecule has 0 aliphatic carbocycles. The zero-order chi connectivity index (χ0) is 13.8. The number of urea groups is 1. The van der Waals surface area contributed by atoms with Gasteiger partial charge in [-0.3, -0.25) is 0 Å². The first-order valence-corrected chi connectivity index (χ1v) is 6.72. The SMILES string of the molecule is Cc1cc(I)ccc1NC(=O)Nc1cccc(F)c1. The second-order valence-corrected chi connectivity index (χ2v) is 5.29. The van der Waals surface area contributed by atoms with Crippen LogP contribution >= 0.6 is 22.6 Å². The van der Waals surface area contributed by atoms with Crippen molar-refractivity contribution in [2.24, 2.45) is 0 Å². The van der Waals surface area contributed by atoms with Crippen molar-refractivity contribution in [2.45, 2.75) is 6.92 Å². The van der Waals surface area contributed by atoms with E-state index in [0.717, 1.165) is 14.8 Å². The van der Waals surface area contributed by atoms with Crippen LogP contribution in [0.2, 0.25) is 0 Å². The summed E-state index contributed by atoms with van der Waals surface area (Å²) in [5, 5.41) is 5.31. The van der Waals surface area contributed by atoms with Crippen LogP contribution in [0.4, 0.5) is 20.6 Å². The molecule has 0 radical (unpaired) electrons. The fourth-order valence-electron chi connectivity index (χ4n) is 1.62. The molecule has 0 saturated carbocycles. The van der Waals surface area contributed by atoms with Gasteiger partial charge in [0.15, 0.2) is 0 Å². The maximum atomic E-state index is 13.0. The smallest absolute Gasteiger partial charge is 0.308 e. The summed E-state index contributed by atoms with van der Waals surface area (Å²) in [7, 11) is 0. The molecule has 19 heavy (non-hydrogen) atoms. The van der Waals surface area contributed by atoms with Gasteiger partial charge in [-0.1, -0.05) is 6.07 Å². The predicted octanol–water partition coefficient (Wildman–Crippen LogP) is 4.38. The van der Waals surface area contributed by atoms with Gasteiger partial charge >= 0.3 is 6.03 Å². The van der Waals surface area contributed by atoms with Crippen LogP contribution in [0.5, 0.6) is 0 Å². The first-order chi connectivity index (χ1) is 9.04. The molecule has 0 aliphatic rings. The van der Waals surface area contributed by atoms with Crippen molar-refractivity contribution >= 4 is 40.0 Å². The first-order valence-electron chi connectivity index (χ1n) is 5.64. The molecule has 2 amide bonds. The van der Waals surface area contributed by atoms with Gasteiger partial charge in [-0.2, -0.15) is 0 Å². The van der Waals surface area contributed by atoms with Crippen LogP contribution in [0.1, 0.15) is 5.56 Å². The monoisotopic (exact) mass is 370 g/mol. The Bertz CT molecular complexity index is 616. The van der Waals surface area contributed by atoms with Gasteiger partial charge in [0, 0.05) is 14.9 Å². The number of aryl methyl sites for hydroxylation is 1. The van der Waals surface area contributed by atoms with Crippen LogP contribution in [0, 0.1) is 16.3 Å². The molecule has 0 bridgehead atoms. The average molecular weight is 370 g/mol. The van der Waals surface area contributed by atoms with E-state index >= 15 is 0 Å². The minimum absolute atomic E-state index is 0.386. The van der Waals surface area contributed by atoms with Crippen molar-refractivity contribution in [3.63, 3.8) is 0 Å². The summed E-state index contributed by atoms with van der Waals surface area (Å²) in [6, 6.07) is 11.1. The Morgan fingerprint density at radius 3 is 2.63 bits per heavy atom. The second-order valence-electron chi connectivity index (χ2n) is 4.05. The van der Waals surface area contributed by atoms with Crippen LogP contribution in [0.15, 0.2) is 42.5 Å². The number of amides is 2. The number of halogens is 2. The Hall–Kier alpha value is -1.63. The highest BCUT2D eigenvalue weighted by atomic mass is 127. The Balaban J connectivity index is 2.05. The van der Waals surface area contributed by atoms with E-state index in [-0.39, 0.29) is 5.82 Å². The largest absolute Gasteiger partial charge is 0.323 e. The quantitative estimate of drug-likeness (QED) is 0.757. The van der Waals surface area contributed by atoms with E-state index < -0.39 is 6.03 Å². The molecule has 0 aromatic heterocycles. The molecular weight excluding hydrogens is 358 g/mol. The molecule has 0 spiro atoms. The third-order valence-corrected chi connectivity index (χ3v) is 3.19. The van der Waals surface area contributed by atoms with E-state index in [2.05, 4.69) is 33.2 Å². The zero-order valence-electron chi connectivity index (χ0n) is 10.2. The molecule has 0 unspecified atom stereocenters. The number of anilines is 2. The van der Waals surface area contributed by atoms with E-state index in [9.17, 15) is 9.18 Å². The number of hydrogen-bond donors (Lipinski definition) is 2. The summed E-state index contributed by atoms with van der Waals surface area (Å²) in [4.78, 5) is 11.8. The molecule has 0 saturated heterocycles. The highest BCUT2D eigenvalue weighted by Crippen LogP contribution is 2.18. The summed E-state index contributed by atoms with van der Waals surface area (Å²) in [5.41, 5.74) is 2.12. The number of carbonyl (C=O) groups is 1. The van der Waals surface area contributed by atoms with E-state index in [4.69, 9.17) is 0 Å². The molecule has 2 rings (SSSR count). The summed E-state index contributed by atoms with van der Waals surface area (Å²) in [6.45, 7) is 1.92. The van der Waals surface area contributed by atoms with Crippen molar-refractivity contribution in [1.82, 2.24) is 0 Å². The van der Waals surface area contributed by atoms with Gasteiger partial charge in [-0.25, -0.2) is 9.18 Å². The van der Waals surface area contributed by atoms with Gasteiger partial charge in [-0.15, -0.1) is 0 Å².